The number of nitro benzene ring substituents is 1. The highest BCUT2D eigenvalue weighted by Crippen LogP contribution is 2.37. The molecule has 0 aliphatic carbocycles. The third-order valence-electron chi connectivity index (χ3n) is 5.85. The monoisotopic (exact) mass is 464 g/mol. The van der Waals surface area contributed by atoms with Gasteiger partial charge in [0.05, 0.1) is 34.8 Å². The lowest BCUT2D eigenvalue weighted by atomic mass is 10.1. The summed E-state index contributed by atoms with van der Waals surface area (Å²) in [6, 6.07) is 10.2. The van der Waals surface area contributed by atoms with Crippen LogP contribution in [0.15, 0.2) is 47.4 Å². The van der Waals surface area contributed by atoms with Crippen LogP contribution in [0.5, 0.6) is 0 Å². The van der Waals surface area contributed by atoms with Crippen LogP contribution in [0.4, 0.5) is 21.5 Å². The molecular weight excluding hydrogens is 439 g/mol. The summed E-state index contributed by atoms with van der Waals surface area (Å²) in [7, 11) is -3.68. The molecule has 172 valence electrons. The van der Waals surface area contributed by atoms with E-state index in [2.05, 4.69) is 0 Å². The molecule has 9 nitrogen and oxygen atoms in total. The van der Waals surface area contributed by atoms with Crippen molar-refractivity contribution in [3.63, 3.8) is 0 Å². The Balaban J connectivity index is 1.62. The van der Waals surface area contributed by atoms with E-state index in [4.69, 9.17) is 4.74 Å². The number of morpholine rings is 1. The van der Waals surface area contributed by atoms with Crippen molar-refractivity contribution in [2.45, 2.75) is 17.9 Å². The van der Waals surface area contributed by atoms with Gasteiger partial charge in [0.1, 0.15) is 5.69 Å². The number of nitrogens with zero attached hydrogens (tertiary/aromatic N) is 4. The van der Waals surface area contributed by atoms with Crippen LogP contribution >= 0.6 is 0 Å². The molecule has 0 N–H and O–H groups in total. The highest BCUT2D eigenvalue weighted by atomic mass is 32.2. The van der Waals surface area contributed by atoms with E-state index >= 15 is 0 Å². The Kier molecular flexibility index (Phi) is 6.31. The first-order chi connectivity index (χ1) is 15.3. The predicted octanol–water partition coefficient (Wildman–Crippen LogP) is 2.47. The number of rotatable bonds is 5. The van der Waals surface area contributed by atoms with E-state index in [0.717, 1.165) is 6.07 Å². The Bertz CT molecular complexity index is 1090. The van der Waals surface area contributed by atoms with Crippen LogP contribution in [-0.2, 0) is 14.8 Å². The molecule has 4 rings (SSSR count). The Hall–Kier alpha value is -2.76. The minimum atomic E-state index is -3.68. The van der Waals surface area contributed by atoms with Gasteiger partial charge in [-0.2, -0.15) is 4.31 Å². The topological polar surface area (TPSA) is 96.2 Å². The zero-order valence-corrected chi connectivity index (χ0v) is 18.5. The summed E-state index contributed by atoms with van der Waals surface area (Å²) < 4.78 is 47.6. The Morgan fingerprint density at radius 2 is 1.72 bits per heavy atom. The first kappa shape index (κ1) is 22.4. The van der Waals surface area contributed by atoms with Gasteiger partial charge in [0.2, 0.25) is 10.0 Å². The molecule has 0 unspecified atom stereocenters. The van der Waals surface area contributed by atoms with E-state index < -0.39 is 26.8 Å². The molecule has 2 aliphatic heterocycles. The predicted molar refractivity (Wildman–Crippen MR) is 118 cm³/mol. The van der Waals surface area contributed by atoms with E-state index in [1.807, 2.05) is 4.90 Å². The van der Waals surface area contributed by atoms with Crippen LogP contribution in [-0.4, -0.2) is 69.6 Å². The van der Waals surface area contributed by atoms with Crippen LogP contribution in [0.3, 0.4) is 0 Å². The van der Waals surface area contributed by atoms with Gasteiger partial charge >= 0.3 is 0 Å². The van der Waals surface area contributed by atoms with Crippen molar-refractivity contribution in [2.75, 3.05) is 55.7 Å². The average molecular weight is 465 g/mol. The van der Waals surface area contributed by atoms with Crippen LogP contribution in [0, 0.1) is 15.9 Å². The lowest BCUT2D eigenvalue weighted by molar-refractivity contribution is -0.384. The maximum atomic E-state index is 14.7. The normalized spacial score (nSPS) is 20.4. The maximum Gasteiger partial charge on any atom is 0.295 e. The third-order valence-corrected chi connectivity index (χ3v) is 7.88. The van der Waals surface area contributed by atoms with Crippen molar-refractivity contribution in [3.05, 3.63) is 58.4 Å². The SMILES string of the molecule is C[C@@H]1CN(c2cc(N3CCOCC3)c(F)cc2[N+](=O)[O-])CCN1S(=O)(=O)c1ccccc1. The smallest absolute Gasteiger partial charge is 0.295 e. The van der Waals surface area contributed by atoms with Gasteiger partial charge in [-0.25, -0.2) is 12.8 Å². The van der Waals surface area contributed by atoms with Crippen LogP contribution < -0.4 is 9.80 Å². The van der Waals surface area contributed by atoms with E-state index in [1.165, 1.54) is 10.4 Å². The molecule has 0 aromatic heterocycles. The number of benzene rings is 2. The summed E-state index contributed by atoms with van der Waals surface area (Å²) in [6.45, 7) is 4.34. The molecular formula is C21H25FN4O5S. The Morgan fingerprint density at radius 3 is 2.34 bits per heavy atom. The van der Waals surface area contributed by atoms with Gasteiger partial charge in [-0.15, -0.1) is 0 Å². The van der Waals surface area contributed by atoms with Crippen LogP contribution in [0.1, 0.15) is 6.92 Å². The fourth-order valence-corrected chi connectivity index (χ4v) is 5.87. The number of nitro groups is 1. The average Bonchev–Trinajstić information content (AvgIpc) is 2.79. The fourth-order valence-electron chi connectivity index (χ4n) is 4.23. The maximum absolute atomic E-state index is 14.7. The highest BCUT2D eigenvalue weighted by molar-refractivity contribution is 7.89. The summed E-state index contributed by atoms with van der Waals surface area (Å²) in [5.41, 5.74) is 0.258. The number of ether oxygens (including phenoxy) is 1. The lowest BCUT2D eigenvalue weighted by Crippen LogP contribution is -2.54. The standard InChI is InChI=1S/C21H25FN4O5S/c1-16-15-24(7-8-25(16)32(29,30)17-5-3-2-4-6-17)20-14-19(23-9-11-31-12-10-23)18(22)13-21(20)26(27)28/h2-6,13-14,16H,7-12,15H2,1H3/t16-/m1/s1. The molecule has 11 heteroatoms. The summed E-state index contributed by atoms with van der Waals surface area (Å²) >= 11 is 0. The molecule has 2 saturated heterocycles. The number of hydrogen-bond donors (Lipinski definition) is 0. The van der Waals surface area contributed by atoms with Gasteiger partial charge in [0.15, 0.2) is 5.82 Å². The zero-order valence-electron chi connectivity index (χ0n) is 17.7. The van der Waals surface area contributed by atoms with E-state index in [-0.39, 0.29) is 30.2 Å². The van der Waals surface area contributed by atoms with Gasteiger partial charge in [0.25, 0.3) is 5.69 Å². The number of halogens is 1. The van der Waals surface area contributed by atoms with Gasteiger partial charge in [-0.05, 0) is 25.1 Å². The molecule has 0 saturated carbocycles. The van der Waals surface area contributed by atoms with Gasteiger partial charge in [-0.3, -0.25) is 10.1 Å². The van der Waals surface area contributed by atoms with E-state index in [1.54, 1.807) is 42.2 Å². The van der Waals surface area contributed by atoms with E-state index in [0.29, 0.717) is 37.7 Å². The first-order valence-electron chi connectivity index (χ1n) is 10.4. The molecule has 2 aromatic carbocycles. The van der Waals surface area contributed by atoms with Crippen LogP contribution in [0.2, 0.25) is 0 Å². The molecule has 2 aromatic rings. The lowest BCUT2D eigenvalue weighted by Gasteiger charge is -2.40. The summed E-state index contributed by atoms with van der Waals surface area (Å²) in [6.07, 6.45) is 0. The molecule has 2 aliphatic rings. The van der Waals surface area contributed by atoms with Crippen molar-refractivity contribution in [1.82, 2.24) is 4.31 Å². The van der Waals surface area contributed by atoms with Crippen molar-refractivity contribution >= 4 is 27.1 Å². The molecule has 0 spiro atoms. The number of sulfonamides is 1. The summed E-state index contributed by atoms with van der Waals surface area (Å²) in [4.78, 5) is 14.9. The highest BCUT2D eigenvalue weighted by Gasteiger charge is 2.36. The van der Waals surface area contributed by atoms with Crippen molar-refractivity contribution in [2.24, 2.45) is 0 Å². The van der Waals surface area contributed by atoms with E-state index in [9.17, 15) is 22.9 Å². The third kappa shape index (κ3) is 4.27. The zero-order chi connectivity index (χ0) is 22.9. The molecule has 2 fully saturated rings. The largest absolute Gasteiger partial charge is 0.378 e. The minimum Gasteiger partial charge on any atom is -0.378 e. The molecule has 0 radical (unpaired) electrons. The number of piperazine rings is 1. The number of hydrogen-bond acceptors (Lipinski definition) is 7. The molecule has 1 atom stereocenters. The second-order valence-corrected chi connectivity index (χ2v) is 9.76. The molecule has 32 heavy (non-hydrogen) atoms. The second kappa shape index (κ2) is 9.00. The summed E-state index contributed by atoms with van der Waals surface area (Å²) in [5.74, 6) is -0.652. The van der Waals surface area contributed by atoms with Crippen molar-refractivity contribution in [1.29, 1.82) is 0 Å². The fraction of sp³-hybridized carbons (Fsp3) is 0.429. The minimum absolute atomic E-state index is 0.166. The molecule has 0 bridgehead atoms. The quantitative estimate of drug-likeness (QED) is 0.495. The van der Waals surface area contributed by atoms with Crippen LogP contribution in [0.25, 0.3) is 0 Å². The first-order valence-corrected chi connectivity index (χ1v) is 11.9. The number of anilines is 2. The molecule has 2 heterocycles. The van der Waals surface area contributed by atoms with Crippen molar-refractivity contribution < 1.29 is 22.5 Å². The van der Waals surface area contributed by atoms with Gasteiger partial charge in [-0.1, -0.05) is 18.2 Å². The Labute approximate surface area is 186 Å². The van der Waals surface area contributed by atoms with Gasteiger partial charge < -0.3 is 14.5 Å². The second-order valence-electron chi connectivity index (χ2n) is 7.87. The summed E-state index contributed by atoms with van der Waals surface area (Å²) in [5, 5.41) is 11.7. The van der Waals surface area contributed by atoms with Crippen molar-refractivity contribution in [3.8, 4) is 0 Å². The van der Waals surface area contributed by atoms with Gasteiger partial charge in [0, 0.05) is 38.8 Å². The molecule has 0 amide bonds. The Morgan fingerprint density at radius 1 is 1.03 bits per heavy atom.